The lowest BCUT2D eigenvalue weighted by Crippen LogP contribution is -2.61. The normalized spacial score (nSPS) is 20.2. The average Bonchev–Trinajstić information content (AvgIpc) is 2.95. The second-order valence-electron chi connectivity index (χ2n) is 7.60. The fourth-order valence-electron chi connectivity index (χ4n) is 3.47. The number of rotatable bonds is 5. The van der Waals surface area contributed by atoms with Crippen molar-refractivity contribution in [2.45, 2.75) is 64.2 Å². The fourth-order valence-corrected chi connectivity index (χ4v) is 3.47. The Morgan fingerprint density at radius 3 is 2.62 bits per heavy atom. The van der Waals surface area contributed by atoms with Gasteiger partial charge in [0.2, 0.25) is 0 Å². The molecule has 1 aromatic heterocycles. The van der Waals surface area contributed by atoms with Gasteiger partial charge in [0, 0.05) is 23.3 Å². The van der Waals surface area contributed by atoms with Crippen LogP contribution >= 0.6 is 0 Å². The molecule has 2 rings (SSSR count). The largest absolute Gasteiger partial charge is 0.467 e. The smallest absolute Gasteiger partial charge is 0.263 e. The minimum absolute atomic E-state index is 0.00160. The van der Waals surface area contributed by atoms with Gasteiger partial charge in [0.05, 0.1) is 12.8 Å². The number of piperidine rings is 1. The summed E-state index contributed by atoms with van der Waals surface area (Å²) >= 11 is 0. The van der Waals surface area contributed by atoms with Crippen LogP contribution in [0.3, 0.4) is 0 Å². The Bertz CT molecular complexity index is 622. The Hall–Kier alpha value is -2.26. The van der Waals surface area contributed by atoms with Gasteiger partial charge < -0.3 is 20.4 Å². The van der Waals surface area contributed by atoms with E-state index in [1.54, 1.807) is 18.4 Å². The second-order valence-corrected chi connectivity index (χ2v) is 7.60. The Kier molecular flexibility index (Phi) is 5.35. The number of furan rings is 1. The SMILES string of the molecule is CC1(C)CC(N/C=C(/C#N)C(=O)NCc2ccco2)CC(C)(C)N1. The predicted molar refractivity (Wildman–Crippen MR) is 91.7 cm³/mol. The third-order valence-corrected chi connectivity index (χ3v) is 4.02. The molecule has 130 valence electrons. The van der Waals surface area contributed by atoms with Crippen LogP contribution in [0.1, 0.15) is 46.3 Å². The molecule has 0 saturated carbocycles. The summed E-state index contributed by atoms with van der Waals surface area (Å²) in [6, 6.07) is 5.69. The predicted octanol–water partition coefficient (Wildman–Crippen LogP) is 2.20. The molecule has 1 aliphatic rings. The van der Waals surface area contributed by atoms with Gasteiger partial charge in [-0.25, -0.2) is 0 Å². The highest BCUT2D eigenvalue weighted by atomic mass is 16.3. The number of nitrogens with one attached hydrogen (secondary N) is 3. The first-order valence-corrected chi connectivity index (χ1v) is 8.17. The van der Waals surface area contributed by atoms with E-state index in [0.29, 0.717) is 5.76 Å². The van der Waals surface area contributed by atoms with Crippen molar-refractivity contribution in [1.82, 2.24) is 16.0 Å². The molecule has 1 amide bonds. The zero-order valence-corrected chi connectivity index (χ0v) is 14.8. The first-order chi connectivity index (χ1) is 11.2. The number of nitrogens with zero attached hydrogens (tertiary/aromatic N) is 1. The zero-order chi connectivity index (χ0) is 17.8. The minimum Gasteiger partial charge on any atom is -0.467 e. The van der Waals surface area contributed by atoms with Gasteiger partial charge in [-0.2, -0.15) is 5.26 Å². The van der Waals surface area contributed by atoms with Gasteiger partial charge in [-0.3, -0.25) is 4.79 Å². The standard InChI is InChI=1S/C18H26N4O2/c1-17(2)8-14(9-18(3,4)22-17)20-11-13(10-19)16(23)21-12-15-6-5-7-24-15/h5-7,11,14,20,22H,8-9,12H2,1-4H3,(H,21,23)/b13-11-. The van der Waals surface area contributed by atoms with Crippen LogP contribution in [-0.4, -0.2) is 23.0 Å². The zero-order valence-electron chi connectivity index (χ0n) is 14.8. The molecule has 1 fully saturated rings. The van der Waals surface area contributed by atoms with Crippen LogP contribution in [0.25, 0.3) is 0 Å². The maximum absolute atomic E-state index is 12.1. The summed E-state index contributed by atoms with van der Waals surface area (Å²) in [5, 5.41) is 18.8. The first-order valence-electron chi connectivity index (χ1n) is 8.17. The summed E-state index contributed by atoms with van der Waals surface area (Å²) in [4.78, 5) is 12.1. The molecule has 1 aromatic rings. The molecule has 24 heavy (non-hydrogen) atoms. The van der Waals surface area contributed by atoms with Crippen molar-refractivity contribution in [3.8, 4) is 6.07 Å². The molecule has 1 saturated heterocycles. The number of amides is 1. The highest BCUT2D eigenvalue weighted by Gasteiger charge is 2.37. The molecule has 0 radical (unpaired) electrons. The number of carbonyl (C=O) groups is 1. The van der Waals surface area contributed by atoms with Gasteiger partial charge in [0.15, 0.2) is 0 Å². The summed E-state index contributed by atoms with van der Waals surface area (Å²) in [6.07, 6.45) is 4.91. The Morgan fingerprint density at radius 2 is 2.08 bits per heavy atom. The van der Waals surface area contributed by atoms with E-state index in [-0.39, 0.29) is 29.2 Å². The summed E-state index contributed by atoms with van der Waals surface area (Å²) in [5.74, 6) is 0.240. The molecule has 0 atom stereocenters. The van der Waals surface area contributed by atoms with Gasteiger partial charge in [-0.05, 0) is 52.7 Å². The lowest BCUT2D eigenvalue weighted by atomic mass is 9.80. The molecule has 3 N–H and O–H groups in total. The average molecular weight is 330 g/mol. The van der Waals surface area contributed by atoms with E-state index in [1.807, 2.05) is 6.07 Å². The van der Waals surface area contributed by atoms with Crippen molar-refractivity contribution in [2.75, 3.05) is 0 Å². The van der Waals surface area contributed by atoms with E-state index >= 15 is 0 Å². The van der Waals surface area contributed by atoms with E-state index in [9.17, 15) is 10.1 Å². The second kappa shape index (κ2) is 7.10. The number of carbonyl (C=O) groups excluding carboxylic acids is 1. The lowest BCUT2D eigenvalue weighted by molar-refractivity contribution is -0.117. The minimum atomic E-state index is -0.408. The summed E-state index contributed by atoms with van der Waals surface area (Å²) in [7, 11) is 0. The molecule has 1 aliphatic heterocycles. The summed E-state index contributed by atoms with van der Waals surface area (Å²) in [6.45, 7) is 8.90. The van der Waals surface area contributed by atoms with Crippen LogP contribution in [0.4, 0.5) is 0 Å². The molecule has 2 heterocycles. The lowest BCUT2D eigenvalue weighted by Gasteiger charge is -2.46. The summed E-state index contributed by atoms with van der Waals surface area (Å²) < 4.78 is 5.16. The highest BCUT2D eigenvalue weighted by molar-refractivity contribution is 5.97. The third kappa shape index (κ3) is 5.14. The van der Waals surface area contributed by atoms with Gasteiger partial charge >= 0.3 is 0 Å². The molecule has 6 nitrogen and oxygen atoms in total. The van der Waals surface area contributed by atoms with Crippen LogP contribution in [0.15, 0.2) is 34.6 Å². The highest BCUT2D eigenvalue weighted by Crippen LogP contribution is 2.28. The molecule has 0 aliphatic carbocycles. The molecule has 0 aromatic carbocycles. The van der Waals surface area contributed by atoms with Gasteiger partial charge in [-0.1, -0.05) is 0 Å². The molecule has 0 unspecified atom stereocenters. The molecular weight excluding hydrogens is 304 g/mol. The van der Waals surface area contributed by atoms with Crippen LogP contribution in [0.2, 0.25) is 0 Å². The fraction of sp³-hybridized carbons (Fsp3) is 0.556. The number of hydrogen-bond donors (Lipinski definition) is 3. The topological polar surface area (TPSA) is 90.1 Å². The maximum Gasteiger partial charge on any atom is 0.263 e. The Balaban J connectivity index is 1.95. The van der Waals surface area contributed by atoms with E-state index < -0.39 is 5.91 Å². The van der Waals surface area contributed by atoms with E-state index in [4.69, 9.17) is 4.42 Å². The van der Waals surface area contributed by atoms with Crippen molar-refractivity contribution in [3.63, 3.8) is 0 Å². The van der Waals surface area contributed by atoms with Gasteiger partial charge in [0.25, 0.3) is 5.91 Å². The summed E-state index contributed by atoms with van der Waals surface area (Å²) in [5.41, 5.74) is 0.0687. The van der Waals surface area contributed by atoms with Crippen molar-refractivity contribution >= 4 is 5.91 Å². The van der Waals surface area contributed by atoms with Crippen molar-refractivity contribution in [3.05, 3.63) is 35.9 Å². The quantitative estimate of drug-likeness (QED) is 0.569. The van der Waals surface area contributed by atoms with E-state index in [2.05, 4.69) is 43.6 Å². The molecule has 6 heteroatoms. The van der Waals surface area contributed by atoms with Crippen LogP contribution in [-0.2, 0) is 11.3 Å². The van der Waals surface area contributed by atoms with Crippen LogP contribution in [0.5, 0.6) is 0 Å². The van der Waals surface area contributed by atoms with Crippen LogP contribution in [0, 0.1) is 11.3 Å². The van der Waals surface area contributed by atoms with Gasteiger partial charge in [-0.15, -0.1) is 0 Å². The van der Waals surface area contributed by atoms with E-state index in [0.717, 1.165) is 12.8 Å². The first kappa shape index (κ1) is 18.1. The molecular formula is C18H26N4O2. The number of nitriles is 1. The van der Waals surface area contributed by atoms with Crippen LogP contribution < -0.4 is 16.0 Å². The number of hydrogen-bond acceptors (Lipinski definition) is 5. The monoisotopic (exact) mass is 330 g/mol. The van der Waals surface area contributed by atoms with Gasteiger partial charge in [0.1, 0.15) is 17.4 Å². The maximum atomic E-state index is 12.1. The van der Waals surface area contributed by atoms with Crippen molar-refractivity contribution in [1.29, 1.82) is 5.26 Å². The molecule has 0 spiro atoms. The molecule has 0 bridgehead atoms. The third-order valence-electron chi connectivity index (χ3n) is 4.02. The van der Waals surface area contributed by atoms with Crippen molar-refractivity contribution in [2.24, 2.45) is 0 Å². The Morgan fingerprint density at radius 1 is 1.42 bits per heavy atom. The van der Waals surface area contributed by atoms with E-state index in [1.165, 1.54) is 6.20 Å². The Labute approximate surface area is 143 Å². The van der Waals surface area contributed by atoms with Crippen molar-refractivity contribution < 1.29 is 9.21 Å².